The van der Waals surface area contributed by atoms with E-state index in [1.54, 1.807) is 0 Å². The van der Waals surface area contributed by atoms with E-state index in [1.807, 2.05) is 0 Å². The maximum Gasteiger partial charge on any atom is 0.0544 e. The smallest absolute Gasteiger partial charge is 0.0544 e. The standard InChI is InChI=1S/C48H33N3/c1-3-16-32(17-4-1)51(33-18-5-2-6-19-33)45-31-12-9-22-36(45)37-23-13-24-38(41-27-14-25-39-34-20-7-10-29-43(34)49-47(39)41)46(37)42-28-15-26-40-35-21-8-11-30-44(35)50-48(40)42/h1-31,49-50H. The highest BCUT2D eigenvalue weighted by Crippen LogP contribution is 2.49. The van der Waals surface area contributed by atoms with Gasteiger partial charge in [-0.3, -0.25) is 0 Å². The third-order valence-electron chi connectivity index (χ3n) is 10.2. The molecule has 2 heterocycles. The van der Waals surface area contributed by atoms with Crippen LogP contribution in [0.3, 0.4) is 0 Å². The molecule has 0 saturated heterocycles. The fourth-order valence-electron chi connectivity index (χ4n) is 7.95. The Morgan fingerprint density at radius 3 is 1.33 bits per heavy atom. The maximum atomic E-state index is 3.83. The number of aromatic nitrogens is 2. The van der Waals surface area contributed by atoms with Crippen molar-refractivity contribution in [2.45, 2.75) is 0 Å². The van der Waals surface area contributed by atoms with Crippen LogP contribution in [-0.2, 0) is 0 Å². The monoisotopic (exact) mass is 651 g/mol. The molecule has 0 aliphatic carbocycles. The van der Waals surface area contributed by atoms with E-state index in [2.05, 4.69) is 203 Å². The fraction of sp³-hybridized carbons (Fsp3) is 0. The largest absolute Gasteiger partial charge is 0.354 e. The van der Waals surface area contributed by atoms with Gasteiger partial charge in [0.2, 0.25) is 0 Å². The second kappa shape index (κ2) is 11.9. The molecule has 0 amide bonds. The first-order valence-electron chi connectivity index (χ1n) is 17.5. The molecule has 3 nitrogen and oxygen atoms in total. The van der Waals surface area contributed by atoms with Crippen LogP contribution in [0, 0.1) is 0 Å². The quantitative estimate of drug-likeness (QED) is 0.184. The fourth-order valence-corrected chi connectivity index (χ4v) is 7.95. The minimum atomic E-state index is 1.11. The number of para-hydroxylation sites is 7. The van der Waals surface area contributed by atoms with Crippen LogP contribution in [0.25, 0.3) is 77.0 Å². The van der Waals surface area contributed by atoms with E-state index in [0.717, 1.165) is 44.7 Å². The molecule has 0 unspecified atom stereocenters. The van der Waals surface area contributed by atoms with E-state index < -0.39 is 0 Å². The summed E-state index contributed by atoms with van der Waals surface area (Å²) in [6, 6.07) is 67.5. The van der Waals surface area contributed by atoms with E-state index in [4.69, 9.17) is 0 Å². The molecule has 10 rings (SSSR count). The van der Waals surface area contributed by atoms with E-state index >= 15 is 0 Å². The van der Waals surface area contributed by atoms with Gasteiger partial charge in [0.15, 0.2) is 0 Å². The van der Waals surface area contributed by atoms with E-state index in [1.165, 1.54) is 49.4 Å². The summed E-state index contributed by atoms with van der Waals surface area (Å²) in [4.78, 5) is 10.00. The van der Waals surface area contributed by atoms with Gasteiger partial charge in [-0.15, -0.1) is 0 Å². The SMILES string of the molecule is c1ccc(N(c2ccccc2)c2ccccc2-c2cccc(-c3cccc4c3[nH]c3ccccc34)c2-c2cccc3c2[nH]c2ccccc23)cc1. The highest BCUT2D eigenvalue weighted by Gasteiger charge is 2.23. The van der Waals surface area contributed by atoms with Crippen LogP contribution in [0.15, 0.2) is 188 Å². The summed E-state index contributed by atoms with van der Waals surface area (Å²) in [5.74, 6) is 0. The normalized spacial score (nSPS) is 11.5. The summed E-state index contributed by atoms with van der Waals surface area (Å²) < 4.78 is 0. The number of nitrogens with zero attached hydrogens (tertiary/aromatic N) is 1. The molecule has 51 heavy (non-hydrogen) atoms. The number of anilines is 3. The van der Waals surface area contributed by atoms with E-state index in [9.17, 15) is 0 Å². The van der Waals surface area contributed by atoms with E-state index in [0.29, 0.717) is 0 Å². The van der Waals surface area contributed by atoms with Crippen molar-refractivity contribution in [3.8, 4) is 33.4 Å². The summed E-state index contributed by atoms with van der Waals surface area (Å²) in [7, 11) is 0. The van der Waals surface area contributed by atoms with Crippen LogP contribution in [0.2, 0.25) is 0 Å². The first-order valence-corrected chi connectivity index (χ1v) is 17.5. The Morgan fingerprint density at radius 2 is 0.706 bits per heavy atom. The van der Waals surface area contributed by atoms with E-state index in [-0.39, 0.29) is 0 Å². The summed E-state index contributed by atoms with van der Waals surface area (Å²) in [6.45, 7) is 0. The molecule has 2 aromatic heterocycles. The number of hydrogen-bond donors (Lipinski definition) is 2. The van der Waals surface area contributed by atoms with Crippen molar-refractivity contribution in [2.75, 3.05) is 4.90 Å². The van der Waals surface area contributed by atoms with Gasteiger partial charge < -0.3 is 14.9 Å². The van der Waals surface area contributed by atoms with Crippen LogP contribution in [-0.4, -0.2) is 9.97 Å². The van der Waals surface area contributed by atoms with Gasteiger partial charge >= 0.3 is 0 Å². The lowest BCUT2D eigenvalue weighted by atomic mass is 9.85. The second-order valence-corrected chi connectivity index (χ2v) is 13.0. The van der Waals surface area contributed by atoms with Crippen molar-refractivity contribution in [2.24, 2.45) is 0 Å². The predicted octanol–water partition coefficient (Wildman–Crippen LogP) is 13.4. The van der Waals surface area contributed by atoms with Crippen LogP contribution in [0.4, 0.5) is 17.1 Å². The first kappa shape index (κ1) is 29.1. The molecule has 0 aliphatic heterocycles. The maximum absolute atomic E-state index is 3.83. The molecule has 0 atom stereocenters. The first-order chi connectivity index (χ1) is 25.3. The average Bonchev–Trinajstić information content (AvgIpc) is 3.78. The molecule has 0 saturated carbocycles. The van der Waals surface area contributed by atoms with Crippen molar-refractivity contribution < 1.29 is 0 Å². The van der Waals surface area contributed by atoms with Crippen molar-refractivity contribution in [3.05, 3.63) is 188 Å². The molecular formula is C48H33N3. The highest BCUT2D eigenvalue weighted by atomic mass is 15.1. The van der Waals surface area contributed by atoms with Gasteiger partial charge in [-0.2, -0.15) is 0 Å². The lowest BCUT2D eigenvalue weighted by Gasteiger charge is -2.28. The molecule has 0 spiro atoms. The Kier molecular flexibility index (Phi) is 6.81. The summed E-state index contributed by atoms with van der Waals surface area (Å²) >= 11 is 0. The average molecular weight is 652 g/mol. The molecule has 8 aromatic carbocycles. The van der Waals surface area contributed by atoms with Crippen LogP contribution < -0.4 is 4.90 Å². The van der Waals surface area contributed by atoms with Crippen molar-refractivity contribution >= 4 is 60.7 Å². The minimum absolute atomic E-state index is 1.11. The zero-order valence-corrected chi connectivity index (χ0v) is 27.8. The number of hydrogen-bond acceptors (Lipinski definition) is 1. The Balaban J connectivity index is 1.31. The second-order valence-electron chi connectivity index (χ2n) is 13.0. The van der Waals surface area contributed by atoms with Gasteiger partial charge in [0.25, 0.3) is 0 Å². The van der Waals surface area contributed by atoms with Crippen molar-refractivity contribution in [1.29, 1.82) is 0 Å². The summed E-state index contributed by atoms with van der Waals surface area (Å²) in [5.41, 5.74) is 14.9. The molecule has 0 radical (unpaired) electrons. The summed E-state index contributed by atoms with van der Waals surface area (Å²) in [5, 5.41) is 4.90. The predicted molar refractivity (Wildman–Crippen MR) is 216 cm³/mol. The Morgan fingerprint density at radius 1 is 0.294 bits per heavy atom. The zero-order chi connectivity index (χ0) is 33.7. The highest BCUT2D eigenvalue weighted by molar-refractivity contribution is 6.17. The Labute approximate surface area is 296 Å². The van der Waals surface area contributed by atoms with Crippen molar-refractivity contribution in [1.82, 2.24) is 9.97 Å². The summed E-state index contributed by atoms with van der Waals surface area (Å²) in [6.07, 6.45) is 0. The number of aromatic amines is 2. The number of nitrogens with one attached hydrogen (secondary N) is 2. The van der Waals surface area contributed by atoms with Crippen molar-refractivity contribution in [3.63, 3.8) is 0 Å². The van der Waals surface area contributed by atoms with Crippen LogP contribution in [0.1, 0.15) is 0 Å². The zero-order valence-electron chi connectivity index (χ0n) is 27.8. The molecule has 0 bridgehead atoms. The molecule has 2 N–H and O–H groups in total. The molecular weight excluding hydrogens is 619 g/mol. The lowest BCUT2D eigenvalue weighted by molar-refractivity contribution is 1.28. The number of rotatable bonds is 6. The third-order valence-corrected chi connectivity index (χ3v) is 10.2. The molecule has 3 heteroatoms. The van der Waals surface area contributed by atoms with Gasteiger partial charge in [-0.05, 0) is 59.2 Å². The number of fused-ring (bicyclic) bond motifs is 6. The molecule has 0 aliphatic rings. The van der Waals surface area contributed by atoms with Gasteiger partial charge in [0.1, 0.15) is 0 Å². The lowest BCUT2D eigenvalue weighted by Crippen LogP contribution is -2.11. The molecule has 10 aromatic rings. The molecule has 240 valence electrons. The number of H-pyrrole nitrogens is 2. The van der Waals surface area contributed by atoms with Gasteiger partial charge in [-0.25, -0.2) is 0 Å². The number of benzene rings is 8. The third kappa shape index (κ3) is 4.74. The van der Waals surface area contributed by atoms with Gasteiger partial charge in [0, 0.05) is 60.6 Å². The van der Waals surface area contributed by atoms with Gasteiger partial charge in [0.05, 0.1) is 16.7 Å². The van der Waals surface area contributed by atoms with Crippen LogP contribution >= 0.6 is 0 Å². The topological polar surface area (TPSA) is 34.8 Å². The Hall–Kier alpha value is -6.84. The minimum Gasteiger partial charge on any atom is -0.354 e. The molecule has 0 fully saturated rings. The van der Waals surface area contributed by atoms with Gasteiger partial charge in [-0.1, -0.05) is 146 Å². The Bertz CT molecular complexity index is 2820. The van der Waals surface area contributed by atoms with Crippen LogP contribution in [0.5, 0.6) is 0 Å².